The predicted molar refractivity (Wildman–Crippen MR) is 133 cm³/mol. The van der Waals surface area contributed by atoms with E-state index in [4.69, 9.17) is 4.52 Å². The van der Waals surface area contributed by atoms with Crippen molar-refractivity contribution in [2.45, 2.75) is 37.0 Å². The van der Waals surface area contributed by atoms with Gasteiger partial charge in [-0.15, -0.1) is 11.8 Å². The Labute approximate surface area is 199 Å². The first-order valence-corrected chi connectivity index (χ1v) is 12.6. The topological polar surface area (TPSA) is 61.6 Å². The van der Waals surface area contributed by atoms with E-state index in [2.05, 4.69) is 64.5 Å². The van der Waals surface area contributed by atoms with Crippen LogP contribution in [0.1, 0.15) is 35.0 Å². The van der Waals surface area contributed by atoms with Gasteiger partial charge >= 0.3 is 0 Å². The fourth-order valence-electron chi connectivity index (χ4n) is 4.78. The molecule has 1 saturated heterocycles. The van der Waals surface area contributed by atoms with Gasteiger partial charge in [-0.1, -0.05) is 29.4 Å². The molecule has 3 heterocycles. The van der Waals surface area contributed by atoms with Crippen LogP contribution in [0, 0.1) is 6.92 Å². The Balaban J connectivity index is 1.10. The maximum Gasteiger partial charge on any atom is 0.273 e. The van der Waals surface area contributed by atoms with E-state index < -0.39 is 0 Å². The van der Waals surface area contributed by atoms with Gasteiger partial charge in [0, 0.05) is 59.7 Å². The lowest BCUT2D eigenvalue weighted by Gasteiger charge is -2.41. The maximum atomic E-state index is 12.8. The molecule has 0 aliphatic carbocycles. The monoisotopic (exact) mass is 462 g/mol. The summed E-state index contributed by atoms with van der Waals surface area (Å²) in [7, 11) is 0. The van der Waals surface area contributed by atoms with E-state index >= 15 is 0 Å². The molecule has 6 nitrogen and oxygen atoms in total. The number of nitrogens with one attached hydrogen (secondary N) is 1. The fourth-order valence-corrected chi connectivity index (χ4v) is 5.84. The Morgan fingerprint density at radius 2 is 2.09 bits per heavy atom. The molecule has 0 saturated carbocycles. The number of nitrogens with zero attached hydrogens (tertiary/aromatic N) is 3. The highest BCUT2D eigenvalue weighted by Gasteiger charge is 2.28. The molecule has 1 aromatic heterocycles. The summed E-state index contributed by atoms with van der Waals surface area (Å²) >= 11 is 1.72. The molecular weight excluding hydrogens is 432 g/mol. The smallest absolute Gasteiger partial charge is 0.273 e. The number of carbonyl (C=O) groups excluding carboxylic acids is 1. The van der Waals surface area contributed by atoms with Crippen LogP contribution in [0.2, 0.25) is 0 Å². The minimum Gasteiger partial charge on any atom is -0.366 e. The second kappa shape index (κ2) is 9.61. The predicted octanol–water partition coefficient (Wildman–Crippen LogP) is 4.59. The van der Waals surface area contributed by atoms with Crippen molar-refractivity contribution in [3.05, 3.63) is 65.4 Å². The molecule has 0 spiro atoms. The van der Waals surface area contributed by atoms with Gasteiger partial charge in [-0.25, -0.2) is 0 Å². The second-order valence-electron chi connectivity index (χ2n) is 8.92. The number of hydrogen-bond donors (Lipinski definition) is 1. The van der Waals surface area contributed by atoms with E-state index in [1.807, 2.05) is 18.2 Å². The van der Waals surface area contributed by atoms with Gasteiger partial charge in [0.05, 0.1) is 0 Å². The molecular formula is C26H30N4O2S. The van der Waals surface area contributed by atoms with Crippen molar-refractivity contribution < 1.29 is 9.32 Å². The third kappa shape index (κ3) is 4.66. The van der Waals surface area contributed by atoms with E-state index in [0.717, 1.165) is 49.5 Å². The van der Waals surface area contributed by atoms with Gasteiger partial charge in [0.1, 0.15) is 0 Å². The third-order valence-corrected chi connectivity index (χ3v) is 7.59. The summed E-state index contributed by atoms with van der Waals surface area (Å²) in [6, 6.07) is 17.3. The third-order valence-electron chi connectivity index (χ3n) is 6.49. The minimum absolute atomic E-state index is 0.141. The molecule has 1 amide bonds. The van der Waals surface area contributed by atoms with Gasteiger partial charge in [-0.05, 0) is 56.6 Å². The zero-order valence-electron chi connectivity index (χ0n) is 19.2. The first kappa shape index (κ1) is 22.0. The zero-order valence-corrected chi connectivity index (χ0v) is 20.0. The standard InChI is InChI=1S/C26H30N4O2S/c1-18-7-5-8-20(15-18)30-14-13-29(16-19(30)2)12-6-11-27-26(31)24-22-17-33-23-10-4-3-9-21(23)25(22)32-28-24/h3-5,7-10,15,19H,6,11-14,16-17H2,1-2H3,(H,27,31)/t19-/m1/s1. The summed E-state index contributed by atoms with van der Waals surface area (Å²) in [6.45, 7) is 9.16. The number of anilines is 1. The molecule has 1 fully saturated rings. The van der Waals surface area contributed by atoms with Gasteiger partial charge in [0.15, 0.2) is 11.5 Å². The molecule has 0 unspecified atom stereocenters. The molecule has 3 aromatic rings. The number of carbonyl (C=O) groups is 1. The minimum atomic E-state index is -0.141. The lowest BCUT2D eigenvalue weighted by Crippen LogP contribution is -2.52. The fraction of sp³-hybridized carbons (Fsp3) is 0.385. The van der Waals surface area contributed by atoms with Crippen LogP contribution in [0.25, 0.3) is 11.3 Å². The van der Waals surface area contributed by atoms with E-state index in [0.29, 0.717) is 24.0 Å². The summed E-state index contributed by atoms with van der Waals surface area (Å²) in [5.41, 5.74) is 4.96. The van der Waals surface area contributed by atoms with Crippen LogP contribution in [-0.2, 0) is 5.75 Å². The van der Waals surface area contributed by atoms with Crippen LogP contribution in [0.5, 0.6) is 0 Å². The lowest BCUT2D eigenvalue weighted by molar-refractivity contribution is 0.0941. The lowest BCUT2D eigenvalue weighted by atomic mass is 10.1. The average Bonchev–Trinajstić information content (AvgIpc) is 3.27. The summed E-state index contributed by atoms with van der Waals surface area (Å²) in [6.07, 6.45) is 0.917. The Morgan fingerprint density at radius 1 is 1.21 bits per heavy atom. The van der Waals surface area contributed by atoms with Crippen LogP contribution < -0.4 is 10.2 Å². The summed E-state index contributed by atoms with van der Waals surface area (Å²) in [4.78, 5) is 18.9. The van der Waals surface area contributed by atoms with Crippen LogP contribution in [0.15, 0.2) is 57.9 Å². The zero-order chi connectivity index (χ0) is 22.8. The summed E-state index contributed by atoms with van der Waals surface area (Å²) in [5.74, 6) is 1.30. The van der Waals surface area contributed by atoms with Gasteiger partial charge in [0.2, 0.25) is 0 Å². The molecule has 0 radical (unpaired) electrons. The second-order valence-corrected chi connectivity index (χ2v) is 9.93. The summed E-state index contributed by atoms with van der Waals surface area (Å²) < 4.78 is 5.56. The number of aryl methyl sites for hydroxylation is 1. The Kier molecular flexibility index (Phi) is 6.42. The van der Waals surface area contributed by atoms with Gasteiger partial charge in [0.25, 0.3) is 5.91 Å². The van der Waals surface area contributed by atoms with Crippen molar-refractivity contribution in [1.29, 1.82) is 0 Å². The quantitative estimate of drug-likeness (QED) is 0.541. The molecule has 33 heavy (non-hydrogen) atoms. The molecule has 0 bridgehead atoms. The molecule has 1 N–H and O–H groups in total. The molecule has 172 valence electrons. The average molecular weight is 463 g/mol. The Morgan fingerprint density at radius 3 is 2.94 bits per heavy atom. The van der Waals surface area contributed by atoms with Crippen molar-refractivity contribution in [2.24, 2.45) is 0 Å². The highest BCUT2D eigenvalue weighted by Crippen LogP contribution is 2.42. The summed E-state index contributed by atoms with van der Waals surface area (Å²) in [5, 5.41) is 7.15. The van der Waals surface area contributed by atoms with E-state index in [9.17, 15) is 4.79 Å². The highest BCUT2D eigenvalue weighted by atomic mass is 32.2. The van der Waals surface area contributed by atoms with Crippen LogP contribution >= 0.6 is 11.8 Å². The number of piperazine rings is 1. The van der Waals surface area contributed by atoms with Crippen LogP contribution in [0.3, 0.4) is 0 Å². The van der Waals surface area contributed by atoms with E-state index in [-0.39, 0.29) is 5.91 Å². The first-order valence-electron chi connectivity index (χ1n) is 11.6. The SMILES string of the molecule is Cc1cccc(N2CCN(CCCNC(=O)c3noc4c3CSc3ccccc3-4)C[C@H]2C)c1. The van der Waals surface area contributed by atoms with Crippen molar-refractivity contribution in [3.8, 4) is 11.3 Å². The molecule has 2 aliphatic rings. The Hall–Kier alpha value is -2.77. The molecule has 7 heteroatoms. The van der Waals surface area contributed by atoms with Gasteiger partial charge < -0.3 is 14.7 Å². The van der Waals surface area contributed by atoms with Crippen molar-refractivity contribution >= 4 is 23.4 Å². The van der Waals surface area contributed by atoms with Crippen molar-refractivity contribution in [1.82, 2.24) is 15.4 Å². The Bertz CT molecular complexity index is 1140. The molecule has 2 aromatic carbocycles. The van der Waals surface area contributed by atoms with Crippen molar-refractivity contribution in [2.75, 3.05) is 37.6 Å². The van der Waals surface area contributed by atoms with Gasteiger partial charge in [-0.3, -0.25) is 9.69 Å². The number of aromatic nitrogens is 1. The van der Waals surface area contributed by atoms with Gasteiger partial charge in [-0.2, -0.15) is 0 Å². The van der Waals surface area contributed by atoms with Crippen molar-refractivity contribution in [3.63, 3.8) is 0 Å². The number of thioether (sulfide) groups is 1. The first-order chi connectivity index (χ1) is 16.1. The molecule has 1 atom stereocenters. The number of benzene rings is 2. The highest BCUT2D eigenvalue weighted by molar-refractivity contribution is 7.98. The van der Waals surface area contributed by atoms with Crippen LogP contribution in [-0.4, -0.2) is 54.7 Å². The number of hydrogen-bond acceptors (Lipinski definition) is 6. The maximum absolute atomic E-state index is 12.8. The number of fused-ring (bicyclic) bond motifs is 3. The molecule has 5 rings (SSSR count). The van der Waals surface area contributed by atoms with E-state index in [1.54, 1.807) is 11.8 Å². The van der Waals surface area contributed by atoms with Crippen LogP contribution in [0.4, 0.5) is 5.69 Å². The molecule has 2 aliphatic heterocycles. The normalized spacial score (nSPS) is 18.0. The van der Waals surface area contributed by atoms with E-state index in [1.165, 1.54) is 16.1 Å². The number of rotatable bonds is 6. The largest absolute Gasteiger partial charge is 0.366 e. The number of amides is 1.